The molecule has 1 unspecified atom stereocenters. The van der Waals surface area contributed by atoms with E-state index in [4.69, 9.17) is 0 Å². The first-order chi connectivity index (χ1) is 20.9. The van der Waals surface area contributed by atoms with Crippen LogP contribution < -0.4 is 16.0 Å². The van der Waals surface area contributed by atoms with Crippen molar-refractivity contribution in [3.63, 3.8) is 0 Å². The quantitative estimate of drug-likeness (QED) is 0.138. The summed E-state index contributed by atoms with van der Waals surface area (Å²) >= 11 is 1.37. The second-order valence-electron chi connectivity index (χ2n) is 12.1. The molecular formula is C33H41N4O6S+. The number of rotatable bonds is 12. The van der Waals surface area contributed by atoms with Gasteiger partial charge in [0.15, 0.2) is 11.0 Å². The van der Waals surface area contributed by atoms with E-state index < -0.39 is 11.9 Å². The number of aliphatic carboxylic acids is 2. The number of amides is 2. The molecule has 5 N–H and O–H groups in total. The number of hydrogen-bond donors (Lipinski definition) is 5. The van der Waals surface area contributed by atoms with Gasteiger partial charge in [0.25, 0.3) is 5.91 Å². The van der Waals surface area contributed by atoms with Gasteiger partial charge in [-0.2, -0.15) is 0 Å². The Labute approximate surface area is 260 Å². The summed E-state index contributed by atoms with van der Waals surface area (Å²) < 4.78 is 0. The van der Waals surface area contributed by atoms with Crippen LogP contribution in [0.25, 0.3) is 12.2 Å². The van der Waals surface area contributed by atoms with Gasteiger partial charge in [0.1, 0.15) is 0 Å². The van der Waals surface area contributed by atoms with Crippen molar-refractivity contribution in [3.8, 4) is 0 Å². The predicted octanol–water partition coefficient (Wildman–Crippen LogP) is 1.80. The molecule has 11 heteroatoms. The number of aromatic nitrogens is 2. The smallest absolute Gasteiger partial charge is 0.303 e. The molecule has 0 radical (unpaired) electrons. The van der Waals surface area contributed by atoms with Crippen LogP contribution in [0, 0.1) is 25.7 Å². The molecule has 0 bridgehead atoms. The molecule has 5 heterocycles. The Kier molecular flexibility index (Phi) is 9.06. The molecule has 2 aromatic heterocycles. The molecule has 3 aliphatic heterocycles. The van der Waals surface area contributed by atoms with Crippen molar-refractivity contribution < 1.29 is 29.4 Å². The summed E-state index contributed by atoms with van der Waals surface area (Å²) in [5.74, 6) is -0.683. The summed E-state index contributed by atoms with van der Waals surface area (Å²) in [5, 5.41) is 24.2. The molecule has 5 rings (SSSR count). The number of aliphatic imine (C=N–C) groups is 1. The van der Waals surface area contributed by atoms with Crippen LogP contribution in [0.5, 0.6) is 0 Å². The van der Waals surface area contributed by atoms with Gasteiger partial charge < -0.3 is 25.5 Å². The van der Waals surface area contributed by atoms with Crippen LogP contribution in [0.1, 0.15) is 73.7 Å². The monoisotopic (exact) mass is 621 g/mol. The lowest BCUT2D eigenvalue weighted by Crippen LogP contribution is -2.31. The summed E-state index contributed by atoms with van der Waals surface area (Å²) in [6, 6.07) is -0.111. The first-order valence-electron chi connectivity index (χ1n) is 15.2. The Hall–Kier alpha value is -3.86. The van der Waals surface area contributed by atoms with Crippen molar-refractivity contribution in [2.45, 2.75) is 84.4 Å². The lowest BCUT2D eigenvalue weighted by Gasteiger charge is -2.12. The molecule has 234 valence electrons. The molecule has 2 aromatic rings. The number of nitrogens with zero attached hydrogens (tertiary/aromatic N) is 1. The molecule has 0 saturated carbocycles. The number of thiol groups is 1. The highest BCUT2D eigenvalue weighted by atomic mass is 32.2. The fourth-order valence-corrected chi connectivity index (χ4v) is 7.74. The van der Waals surface area contributed by atoms with E-state index in [1.54, 1.807) is 0 Å². The van der Waals surface area contributed by atoms with Gasteiger partial charge in [-0.25, -0.2) is 4.99 Å². The van der Waals surface area contributed by atoms with Gasteiger partial charge in [0, 0.05) is 58.8 Å². The van der Waals surface area contributed by atoms with Gasteiger partial charge in [-0.1, -0.05) is 13.8 Å². The molecule has 44 heavy (non-hydrogen) atoms. The predicted molar refractivity (Wildman–Crippen MR) is 171 cm³/mol. The molecule has 2 fully saturated rings. The number of nitrogens with one attached hydrogen (secondary N) is 3. The number of carboxylic acids is 2. The van der Waals surface area contributed by atoms with E-state index in [1.807, 2.05) is 40.7 Å². The van der Waals surface area contributed by atoms with Crippen molar-refractivity contribution in [3.05, 3.63) is 55.5 Å². The molecule has 0 aliphatic carbocycles. The van der Waals surface area contributed by atoms with E-state index in [1.165, 1.54) is 11.8 Å². The van der Waals surface area contributed by atoms with Crippen LogP contribution in [-0.2, 0) is 50.2 Å². The lowest BCUT2D eigenvalue weighted by atomic mass is 9.89. The Bertz CT molecular complexity index is 1720. The second-order valence-corrected chi connectivity index (χ2v) is 13.5. The fraction of sp³-hybridized carbons (Fsp3) is 0.485. The maximum atomic E-state index is 12.6. The highest BCUT2D eigenvalue weighted by molar-refractivity contribution is 7.86. The van der Waals surface area contributed by atoms with Gasteiger partial charge in [0.05, 0.1) is 11.8 Å². The molecule has 2 saturated heterocycles. The maximum Gasteiger partial charge on any atom is 0.303 e. The van der Waals surface area contributed by atoms with E-state index in [-0.39, 0.29) is 42.5 Å². The number of aromatic amines is 2. The number of allylic oxidation sites excluding steroid dienone is 1. The molecule has 2 amide bonds. The van der Waals surface area contributed by atoms with Crippen LogP contribution in [0.15, 0.2) is 16.1 Å². The number of hydrogen-bond acceptors (Lipinski definition) is 4. The molecule has 3 aliphatic rings. The van der Waals surface area contributed by atoms with Crippen LogP contribution in [-0.4, -0.2) is 66.7 Å². The molecule has 0 aromatic carbocycles. The van der Waals surface area contributed by atoms with Gasteiger partial charge in [0.2, 0.25) is 5.91 Å². The number of carboxylic acid groups (broad SMARTS) is 2. The first-order valence-corrected chi connectivity index (χ1v) is 16.4. The zero-order valence-corrected chi connectivity index (χ0v) is 26.7. The van der Waals surface area contributed by atoms with Crippen molar-refractivity contribution in [1.29, 1.82) is 0 Å². The van der Waals surface area contributed by atoms with Crippen LogP contribution in [0.2, 0.25) is 0 Å². The highest BCUT2D eigenvalue weighted by Crippen LogP contribution is 2.35. The van der Waals surface area contributed by atoms with Crippen molar-refractivity contribution in [2.24, 2.45) is 16.8 Å². The highest BCUT2D eigenvalue weighted by Gasteiger charge is 2.53. The average Bonchev–Trinajstić information content (AvgIpc) is 3.53. The lowest BCUT2D eigenvalue weighted by molar-refractivity contribution is -0.138. The molecule has 0 spiro atoms. The normalized spacial score (nSPS) is 24.0. The van der Waals surface area contributed by atoms with E-state index in [9.17, 15) is 29.4 Å². The summed E-state index contributed by atoms with van der Waals surface area (Å²) in [7, 11) is 0. The van der Waals surface area contributed by atoms with Gasteiger partial charge >= 0.3 is 11.9 Å². The standard InChI is InChI=1S/C33H40N4O6S/c1-6-19-15(2)24(36-33(19)43)11-22-16(3)20(7-9-29(38)39)25(34-22)13-26-21(8-10-30(40)41)17(4)23(35-26)12-27-31(28-14-44-28)18(5)32(42)37-27/h12-13,18,27-28,31,34-35H,6-11,14H2,1-5H3,(H,37,42)(H,38,39)(H,40,41)/p+1/b23-12+,26-13-/t18-,27?,28-,31-/m1/s1. The largest absolute Gasteiger partial charge is 0.481 e. The SMILES string of the molecule is CCC1=C(C)C(Cc2[nH]c(/C=c3\[nH]/c(=C/C4NC(=O)[C@H](C)[C@H]4[C@H]4C[SH+]4)c(C)c3CCC(=O)O)c(CCC(=O)O)c2C)=NC1=O. The fourth-order valence-electron chi connectivity index (χ4n) is 6.69. The van der Waals surface area contributed by atoms with Crippen molar-refractivity contribution in [1.82, 2.24) is 15.3 Å². The third kappa shape index (κ3) is 6.33. The average molecular weight is 622 g/mol. The first kappa shape index (κ1) is 31.6. The summed E-state index contributed by atoms with van der Waals surface area (Å²) in [4.78, 5) is 59.4. The minimum atomic E-state index is -0.901. The third-order valence-corrected chi connectivity index (χ3v) is 10.5. The Balaban J connectivity index is 1.60. The van der Waals surface area contributed by atoms with Gasteiger partial charge in [-0.05, 0) is 91.8 Å². The summed E-state index contributed by atoms with van der Waals surface area (Å²) in [6.45, 7) is 9.74. The topological polar surface area (TPSA) is 165 Å². The summed E-state index contributed by atoms with van der Waals surface area (Å²) in [6.07, 6.45) is 5.56. The van der Waals surface area contributed by atoms with E-state index in [0.29, 0.717) is 42.2 Å². The zero-order valence-electron chi connectivity index (χ0n) is 25.8. The van der Waals surface area contributed by atoms with Crippen LogP contribution in [0.4, 0.5) is 0 Å². The Morgan fingerprint density at radius 2 is 1.66 bits per heavy atom. The van der Waals surface area contributed by atoms with Crippen LogP contribution >= 0.6 is 0 Å². The van der Waals surface area contributed by atoms with Crippen molar-refractivity contribution >= 4 is 53.4 Å². The van der Waals surface area contributed by atoms with E-state index >= 15 is 0 Å². The molecule has 10 nitrogen and oxygen atoms in total. The number of carbonyl (C=O) groups is 4. The van der Waals surface area contributed by atoms with Crippen LogP contribution in [0.3, 0.4) is 0 Å². The maximum absolute atomic E-state index is 12.6. The second kappa shape index (κ2) is 12.6. The van der Waals surface area contributed by atoms with Gasteiger partial charge in [-0.15, -0.1) is 0 Å². The zero-order chi connectivity index (χ0) is 31.9. The van der Waals surface area contributed by atoms with E-state index in [2.05, 4.69) is 26.4 Å². The Morgan fingerprint density at radius 1 is 1.00 bits per heavy atom. The molecule has 4 atom stereocenters. The van der Waals surface area contributed by atoms with Gasteiger partial charge in [-0.3, -0.25) is 19.2 Å². The van der Waals surface area contributed by atoms with E-state index in [0.717, 1.165) is 55.7 Å². The number of H-pyrrole nitrogens is 2. The summed E-state index contributed by atoms with van der Waals surface area (Å²) in [5.41, 5.74) is 7.48. The minimum absolute atomic E-state index is 0.0418. The molecular weight excluding hydrogens is 580 g/mol. The number of carbonyl (C=O) groups excluding carboxylic acids is 2. The third-order valence-electron chi connectivity index (χ3n) is 9.41. The Morgan fingerprint density at radius 3 is 2.25 bits per heavy atom. The van der Waals surface area contributed by atoms with Crippen molar-refractivity contribution in [2.75, 3.05) is 5.75 Å². The minimum Gasteiger partial charge on any atom is -0.481 e.